The number of aromatic nitrogens is 2. The minimum Gasteiger partial charge on any atom is -0.493 e. The molecule has 0 unspecified atom stereocenters. The van der Waals surface area contributed by atoms with Crippen LogP contribution in [-0.2, 0) is 6.42 Å². The fraction of sp³-hybridized carbons (Fsp3) is 0.440. The van der Waals surface area contributed by atoms with Crippen LogP contribution in [0.5, 0.6) is 11.5 Å². The topological polar surface area (TPSA) is 76.3 Å². The molecule has 0 bridgehead atoms. The maximum absolute atomic E-state index is 13.1. The zero-order valence-electron chi connectivity index (χ0n) is 18.5. The van der Waals surface area contributed by atoms with Gasteiger partial charge in [0.25, 0.3) is 5.91 Å². The Morgan fingerprint density at radius 1 is 1.12 bits per heavy atom. The van der Waals surface area contributed by atoms with Crippen molar-refractivity contribution in [1.82, 2.24) is 14.5 Å². The van der Waals surface area contributed by atoms with Crippen LogP contribution in [0.2, 0.25) is 0 Å². The largest absolute Gasteiger partial charge is 0.493 e. The van der Waals surface area contributed by atoms with Gasteiger partial charge in [-0.25, -0.2) is 4.52 Å². The van der Waals surface area contributed by atoms with E-state index in [-0.39, 0.29) is 17.9 Å². The number of carbonyl (C=O) groups is 1. The van der Waals surface area contributed by atoms with Crippen LogP contribution in [-0.4, -0.2) is 57.9 Å². The first-order valence-electron chi connectivity index (χ1n) is 11.3. The molecule has 5 rings (SSSR count). The second-order valence-electron chi connectivity index (χ2n) is 8.88. The van der Waals surface area contributed by atoms with Crippen molar-refractivity contribution in [2.75, 3.05) is 20.2 Å². The van der Waals surface area contributed by atoms with Crippen molar-refractivity contribution >= 4 is 11.4 Å². The van der Waals surface area contributed by atoms with Crippen molar-refractivity contribution < 1.29 is 19.4 Å². The number of amides is 1. The average molecular weight is 436 g/mol. The molecule has 1 N–H and O–H groups in total. The Bertz CT molecular complexity index is 1130. The number of fused-ring (bicyclic) bond motifs is 2. The first-order chi connectivity index (χ1) is 15.6. The highest BCUT2D eigenvalue weighted by Gasteiger charge is 2.44. The molecule has 0 spiro atoms. The van der Waals surface area contributed by atoms with E-state index in [0.717, 1.165) is 18.4 Å². The van der Waals surface area contributed by atoms with E-state index in [1.165, 1.54) is 5.56 Å². The zero-order valence-corrected chi connectivity index (χ0v) is 18.5. The fourth-order valence-electron chi connectivity index (χ4n) is 5.11. The Balaban J connectivity index is 1.28. The summed E-state index contributed by atoms with van der Waals surface area (Å²) in [5, 5.41) is 15.0. The molecule has 7 heteroatoms. The summed E-state index contributed by atoms with van der Waals surface area (Å²) in [6.45, 7) is 3.46. The minimum atomic E-state index is -0.565. The first-order valence-corrected chi connectivity index (χ1v) is 11.3. The number of nitrogens with zero attached hydrogens (tertiary/aromatic N) is 3. The third-order valence-electron chi connectivity index (χ3n) is 6.93. The van der Waals surface area contributed by atoms with Crippen LogP contribution in [0.25, 0.3) is 5.52 Å². The van der Waals surface area contributed by atoms with Gasteiger partial charge >= 0.3 is 0 Å². The van der Waals surface area contributed by atoms with Crippen LogP contribution in [0, 0.1) is 11.8 Å². The number of pyridine rings is 1. The third-order valence-corrected chi connectivity index (χ3v) is 6.93. The van der Waals surface area contributed by atoms with Crippen molar-refractivity contribution in [2.24, 2.45) is 11.8 Å². The van der Waals surface area contributed by atoms with Crippen LogP contribution < -0.4 is 9.47 Å². The van der Waals surface area contributed by atoms with Crippen LogP contribution in [0.4, 0.5) is 0 Å². The predicted octanol–water partition coefficient (Wildman–Crippen LogP) is 3.20. The number of rotatable bonds is 5. The van der Waals surface area contributed by atoms with Gasteiger partial charge in [0.15, 0.2) is 11.5 Å². The van der Waals surface area contributed by atoms with E-state index >= 15 is 0 Å². The molecule has 3 heterocycles. The quantitative estimate of drug-likeness (QED) is 0.666. The molecule has 2 aliphatic rings. The van der Waals surface area contributed by atoms with Gasteiger partial charge in [0.1, 0.15) is 6.10 Å². The Hall–Kier alpha value is -3.06. The lowest BCUT2D eigenvalue weighted by Gasteiger charge is -2.35. The highest BCUT2D eigenvalue weighted by atomic mass is 16.5. The fourth-order valence-corrected chi connectivity index (χ4v) is 5.11. The number of aliphatic hydroxyl groups excluding tert-OH is 1. The molecule has 3 aromatic rings. The zero-order chi connectivity index (χ0) is 22.2. The number of aliphatic hydroxyl groups is 1. The van der Waals surface area contributed by atoms with E-state index in [1.807, 2.05) is 47.5 Å². The lowest BCUT2D eigenvalue weighted by atomic mass is 9.78. The van der Waals surface area contributed by atoms with Gasteiger partial charge in [0.2, 0.25) is 0 Å². The van der Waals surface area contributed by atoms with Crippen molar-refractivity contribution in [2.45, 2.75) is 38.4 Å². The summed E-state index contributed by atoms with van der Waals surface area (Å²) in [7, 11) is 1.64. The molecule has 1 aromatic carbocycles. The minimum absolute atomic E-state index is 0.0341. The van der Waals surface area contributed by atoms with Crippen molar-refractivity contribution in [1.29, 1.82) is 0 Å². The molecule has 0 radical (unpaired) electrons. The second kappa shape index (κ2) is 8.47. The van der Waals surface area contributed by atoms with Crippen molar-refractivity contribution in [3.63, 3.8) is 0 Å². The molecule has 2 aromatic heterocycles. The van der Waals surface area contributed by atoms with Crippen LogP contribution in [0.15, 0.2) is 48.8 Å². The molecule has 2 fully saturated rings. The summed E-state index contributed by atoms with van der Waals surface area (Å²) in [5.74, 6) is 1.99. The van der Waals surface area contributed by atoms with Crippen molar-refractivity contribution in [3.8, 4) is 11.5 Å². The van der Waals surface area contributed by atoms with Gasteiger partial charge in [-0.2, -0.15) is 5.10 Å². The normalized spacial score (nSPS) is 25.0. The van der Waals surface area contributed by atoms with Gasteiger partial charge in [0.05, 0.1) is 18.7 Å². The van der Waals surface area contributed by atoms with Gasteiger partial charge in [-0.15, -0.1) is 0 Å². The van der Waals surface area contributed by atoms with Crippen LogP contribution in [0.3, 0.4) is 0 Å². The number of hydrogen-bond acceptors (Lipinski definition) is 5. The highest BCUT2D eigenvalue weighted by Crippen LogP contribution is 2.40. The molecule has 1 saturated heterocycles. The Kier molecular flexibility index (Phi) is 5.51. The molecule has 1 aliphatic carbocycles. The smallest absolute Gasteiger partial charge is 0.254 e. The summed E-state index contributed by atoms with van der Waals surface area (Å²) in [6.07, 6.45) is 4.94. The van der Waals surface area contributed by atoms with Crippen LogP contribution in [0.1, 0.15) is 35.7 Å². The lowest BCUT2D eigenvalue weighted by molar-refractivity contribution is -0.0240. The number of aryl methyl sites for hydroxylation is 1. The van der Waals surface area contributed by atoms with Crippen molar-refractivity contribution in [3.05, 3.63) is 59.9 Å². The molecule has 4 atom stereocenters. The standard InChI is InChI=1S/C25H29N3O4/c1-3-16-4-5-22(24(10-16)31-2)32-23-13-19-15-27(14-18(19)12-21(23)29)25(30)17-7-9-28-20(11-17)6-8-26-28/h4-11,18-19,21,23,29H,3,12-15H2,1-2H3/t18-,19+,21+,23+/m0/s1. The summed E-state index contributed by atoms with van der Waals surface area (Å²) in [4.78, 5) is 15.1. The number of ether oxygens (including phenoxy) is 2. The Labute approximate surface area is 187 Å². The third kappa shape index (κ3) is 3.81. The molecule has 1 aliphatic heterocycles. The summed E-state index contributed by atoms with van der Waals surface area (Å²) in [5.41, 5.74) is 2.75. The number of benzene rings is 1. The van der Waals surface area contributed by atoms with Gasteiger partial charge in [-0.05, 0) is 67.0 Å². The van der Waals surface area contributed by atoms with Gasteiger partial charge < -0.3 is 19.5 Å². The SMILES string of the molecule is CCc1ccc(O[C@@H]2C[C@@H]3CN(C(=O)c4ccn5nccc5c4)C[C@@H]3C[C@H]2O)c(OC)c1. The highest BCUT2D eigenvalue weighted by molar-refractivity contribution is 5.95. The molecular formula is C25H29N3O4. The molecule has 1 saturated carbocycles. The maximum Gasteiger partial charge on any atom is 0.254 e. The van der Waals surface area contributed by atoms with E-state index in [1.54, 1.807) is 17.8 Å². The summed E-state index contributed by atoms with van der Waals surface area (Å²) in [6, 6.07) is 11.5. The molecule has 1 amide bonds. The van der Waals surface area contributed by atoms with Gasteiger partial charge in [0, 0.05) is 31.0 Å². The molecule has 168 valence electrons. The molecule has 32 heavy (non-hydrogen) atoms. The number of methoxy groups -OCH3 is 1. The van der Waals surface area contributed by atoms with E-state index in [4.69, 9.17) is 9.47 Å². The monoisotopic (exact) mass is 435 g/mol. The summed E-state index contributed by atoms with van der Waals surface area (Å²) >= 11 is 0. The second-order valence-corrected chi connectivity index (χ2v) is 8.88. The Morgan fingerprint density at radius 3 is 2.72 bits per heavy atom. The number of carbonyl (C=O) groups excluding carboxylic acids is 1. The van der Waals surface area contributed by atoms with E-state index in [0.29, 0.717) is 42.5 Å². The molecule has 7 nitrogen and oxygen atoms in total. The molecular weight excluding hydrogens is 406 g/mol. The van der Waals surface area contributed by atoms with Crippen LogP contribution >= 0.6 is 0 Å². The predicted molar refractivity (Wildman–Crippen MR) is 120 cm³/mol. The average Bonchev–Trinajstić information content (AvgIpc) is 3.45. The number of hydrogen-bond donors (Lipinski definition) is 1. The van der Waals surface area contributed by atoms with Gasteiger partial charge in [-0.3, -0.25) is 4.79 Å². The first kappa shape index (κ1) is 20.8. The lowest BCUT2D eigenvalue weighted by Crippen LogP contribution is -2.42. The van der Waals surface area contributed by atoms with E-state index in [9.17, 15) is 9.90 Å². The van der Waals surface area contributed by atoms with Gasteiger partial charge in [-0.1, -0.05) is 13.0 Å². The maximum atomic E-state index is 13.1. The van der Waals surface area contributed by atoms with E-state index < -0.39 is 6.10 Å². The van der Waals surface area contributed by atoms with E-state index in [2.05, 4.69) is 12.0 Å². The number of likely N-dealkylation sites (tertiary alicyclic amines) is 1. The Morgan fingerprint density at radius 2 is 1.94 bits per heavy atom. The summed E-state index contributed by atoms with van der Waals surface area (Å²) < 4.78 is 13.5.